The van der Waals surface area contributed by atoms with E-state index in [1.165, 1.54) is 13.8 Å². The molecule has 0 aromatic carbocycles. The lowest BCUT2D eigenvalue weighted by Gasteiger charge is -2.20. The average Bonchev–Trinajstić information content (AvgIpc) is 2.52. The van der Waals surface area contributed by atoms with Gasteiger partial charge in [0.05, 0.1) is 12.5 Å². The summed E-state index contributed by atoms with van der Waals surface area (Å²) in [4.78, 5) is 21.5. The van der Waals surface area contributed by atoms with Gasteiger partial charge in [0, 0.05) is 20.5 Å². The highest BCUT2D eigenvalue weighted by molar-refractivity contribution is 5.68. The van der Waals surface area contributed by atoms with E-state index in [1.54, 1.807) is 0 Å². The molecule has 5 heteroatoms. The lowest BCUT2D eigenvalue weighted by atomic mass is 10.1. The molecule has 0 amide bonds. The number of carbonyl (C=O) groups is 2. The molecule has 0 radical (unpaired) electrons. The van der Waals surface area contributed by atoms with Crippen LogP contribution in [0.2, 0.25) is 0 Å². The van der Waals surface area contributed by atoms with E-state index in [4.69, 9.17) is 14.2 Å². The fourth-order valence-corrected chi connectivity index (χ4v) is 1.31. The van der Waals surface area contributed by atoms with E-state index < -0.39 is 18.2 Å². The number of ether oxygens (including phenoxy) is 3. The van der Waals surface area contributed by atoms with Crippen LogP contribution in [0.5, 0.6) is 0 Å². The lowest BCUT2D eigenvalue weighted by Crippen LogP contribution is -2.31. The maximum Gasteiger partial charge on any atom is 0.305 e. The van der Waals surface area contributed by atoms with Gasteiger partial charge in [-0.2, -0.15) is 0 Å². The Morgan fingerprint density at radius 3 is 2.21 bits per heavy atom. The van der Waals surface area contributed by atoms with E-state index in [0.717, 1.165) is 6.42 Å². The maximum atomic E-state index is 10.7. The zero-order chi connectivity index (χ0) is 10.6. The van der Waals surface area contributed by atoms with Crippen molar-refractivity contribution in [3.8, 4) is 0 Å². The highest BCUT2D eigenvalue weighted by Gasteiger charge is 2.30. The third-order valence-electron chi connectivity index (χ3n) is 1.91. The zero-order valence-corrected chi connectivity index (χ0v) is 8.32. The largest absolute Gasteiger partial charge is 0.425 e. The molecular weight excluding hydrogens is 188 g/mol. The molecule has 0 saturated carbocycles. The first-order valence-corrected chi connectivity index (χ1v) is 4.52. The minimum Gasteiger partial charge on any atom is -0.425 e. The molecule has 1 heterocycles. The fraction of sp³-hybridized carbons (Fsp3) is 0.778. The summed E-state index contributed by atoms with van der Waals surface area (Å²) in [6.07, 6.45) is -0.0573. The zero-order valence-electron chi connectivity index (χ0n) is 8.32. The second kappa shape index (κ2) is 4.95. The highest BCUT2D eigenvalue weighted by atomic mass is 16.7. The van der Waals surface area contributed by atoms with Gasteiger partial charge in [0.25, 0.3) is 6.29 Å². The van der Waals surface area contributed by atoms with Crippen molar-refractivity contribution < 1.29 is 23.8 Å². The molecule has 1 atom stereocenters. The van der Waals surface area contributed by atoms with Crippen molar-refractivity contribution in [3.05, 3.63) is 0 Å². The topological polar surface area (TPSA) is 61.8 Å². The van der Waals surface area contributed by atoms with Gasteiger partial charge in [-0.1, -0.05) is 0 Å². The smallest absolute Gasteiger partial charge is 0.305 e. The Morgan fingerprint density at radius 2 is 1.86 bits per heavy atom. The molecule has 0 N–H and O–H groups in total. The summed E-state index contributed by atoms with van der Waals surface area (Å²) in [7, 11) is 0. The summed E-state index contributed by atoms with van der Waals surface area (Å²) in [5.41, 5.74) is 0. The summed E-state index contributed by atoms with van der Waals surface area (Å²) in [5, 5.41) is 0. The van der Waals surface area contributed by atoms with Crippen LogP contribution in [0.3, 0.4) is 0 Å². The van der Waals surface area contributed by atoms with Gasteiger partial charge in [-0.15, -0.1) is 0 Å². The van der Waals surface area contributed by atoms with Crippen LogP contribution in [0.15, 0.2) is 0 Å². The Bertz CT molecular complexity index is 203. The monoisotopic (exact) mass is 202 g/mol. The molecule has 1 fully saturated rings. The molecule has 80 valence electrons. The molecule has 1 saturated heterocycles. The van der Waals surface area contributed by atoms with E-state index >= 15 is 0 Å². The summed E-state index contributed by atoms with van der Waals surface area (Å²) in [6, 6.07) is 0. The summed E-state index contributed by atoms with van der Waals surface area (Å²) in [5.74, 6) is -0.950. The Hall–Kier alpha value is -1.10. The summed E-state index contributed by atoms with van der Waals surface area (Å²) >= 11 is 0. The molecule has 14 heavy (non-hydrogen) atoms. The Kier molecular flexibility index (Phi) is 3.88. The fourth-order valence-electron chi connectivity index (χ4n) is 1.31. The molecule has 0 aromatic rings. The first-order chi connectivity index (χ1) is 6.59. The molecule has 1 aliphatic heterocycles. The van der Waals surface area contributed by atoms with Gasteiger partial charge in [0.15, 0.2) is 0 Å². The van der Waals surface area contributed by atoms with Gasteiger partial charge in [-0.25, -0.2) is 0 Å². The molecule has 0 aromatic heterocycles. The van der Waals surface area contributed by atoms with Crippen LogP contribution in [0.1, 0.15) is 20.3 Å². The molecule has 0 bridgehead atoms. The Balaban J connectivity index is 2.50. The van der Waals surface area contributed by atoms with Gasteiger partial charge < -0.3 is 14.2 Å². The van der Waals surface area contributed by atoms with E-state index in [-0.39, 0.29) is 5.92 Å². The van der Waals surface area contributed by atoms with Crippen LogP contribution in [-0.4, -0.2) is 31.4 Å². The molecule has 5 nitrogen and oxygen atoms in total. The second-order valence-corrected chi connectivity index (χ2v) is 3.21. The molecule has 1 aliphatic rings. The molecule has 0 unspecified atom stereocenters. The van der Waals surface area contributed by atoms with Gasteiger partial charge in [-0.05, 0) is 6.42 Å². The molecular formula is C9H14O5. The minimum absolute atomic E-state index is 0.0391. The first kappa shape index (κ1) is 11.0. The van der Waals surface area contributed by atoms with Crippen LogP contribution in [0, 0.1) is 5.92 Å². The maximum absolute atomic E-state index is 10.7. The average molecular weight is 202 g/mol. The van der Waals surface area contributed by atoms with E-state index in [2.05, 4.69) is 0 Å². The van der Waals surface area contributed by atoms with E-state index in [9.17, 15) is 9.59 Å². The van der Waals surface area contributed by atoms with Gasteiger partial charge >= 0.3 is 11.9 Å². The number of rotatable bonds is 3. The summed E-state index contributed by atoms with van der Waals surface area (Å²) in [6.45, 7) is 3.65. The normalized spacial score (nSPS) is 20.9. The third-order valence-corrected chi connectivity index (χ3v) is 1.91. The Labute approximate surface area is 82.3 Å². The lowest BCUT2D eigenvalue weighted by molar-refractivity contribution is -0.194. The molecule has 1 rings (SSSR count). The van der Waals surface area contributed by atoms with Crippen molar-refractivity contribution in [2.75, 3.05) is 13.2 Å². The highest BCUT2D eigenvalue weighted by Crippen LogP contribution is 2.20. The van der Waals surface area contributed by atoms with E-state index in [1.807, 2.05) is 0 Å². The number of hydrogen-bond donors (Lipinski definition) is 0. The van der Waals surface area contributed by atoms with Crippen LogP contribution in [-0.2, 0) is 23.8 Å². The molecule has 0 aliphatic carbocycles. The van der Waals surface area contributed by atoms with Crippen molar-refractivity contribution >= 4 is 11.9 Å². The summed E-state index contributed by atoms with van der Waals surface area (Å²) < 4.78 is 14.9. The van der Waals surface area contributed by atoms with Gasteiger partial charge in [-0.3, -0.25) is 9.59 Å². The minimum atomic E-state index is -0.799. The van der Waals surface area contributed by atoms with Crippen LogP contribution in [0.4, 0.5) is 0 Å². The second-order valence-electron chi connectivity index (χ2n) is 3.21. The van der Waals surface area contributed by atoms with Crippen LogP contribution in [0.25, 0.3) is 0 Å². The van der Waals surface area contributed by atoms with Crippen LogP contribution >= 0.6 is 0 Å². The van der Waals surface area contributed by atoms with Crippen molar-refractivity contribution in [1.29, 1.82) is 0 Å². The predicted molar refractivity (Wildman–Crippen MR) is 46.2 cm³/mol. The predicted octanol–water partition coefficient (Wildman–Crippen LogP) is 0.475. The third kappa shape index (κ3) is 3.33. The SMILES string of the molecule is CC(=O)OC(OC(C)=O)[C@@H]1CCOC1. The van der Waals surface area contributed by atoms with Crippen molar-refractivity contribution in [1.82, 2.24) is 0 Å². The van der Waals surface area contributed by atoms with E-state index in [0.29, 0.717) is 13.2 Å². The number of carbonyl (C=O) groups excluding carboxylic acids is 2. The number of esters is 2. The Morgan fingerprint density at radius 1 is 1.29 bits per heavy atom. The van der Waals surface area contributed by atoms with Crippen molar-refractivity contribution in [2.45, 2.75) is 26.6 Å². The molecule has 0 spiro atoms. The van der Waals surface area contributed by atoms with Gasteiger partial charge in [0.1, 0.15) is 0 Å². The van der Waals surface area contributed by atoms with Crippen molar-refractivity contribution in [2.24, 2.45) is 5.92 Å². The van der Waals surface area contributed by atoms with Gasteiger partial charge in [0.2, 0.25) is 0 Å². The first-order valence-electron chi connectivity index (χ1n) is 4.52. The quantitative estimate of drug-likeness (QED) is 0.492. The van der Waals surface area contributed by atoms with Crippen LogP contribution < -0.4 is 0 Å². The van der Waals surface area contributed by atoms with Crippen molar-refractivity contribution in [3.63, 3.8) is 0 Å². The number of hydrogen-bond acceptors (Lipinski definition) is 5. The standard InChI is InChI=1S/C9H14O5/c1-6(10)13-9(14-7(2)11)8-3-4-12-5-8/h8-9H,3-5H2,1-2H3/t8-/m1/s1.